The van der Waals surface area contributed by atoms with Crippen molar-refractivity contribution in [2.24, 2.45) is 0 Å². The molecular formula is C17H22N4O2. The molecular weight excluding hydrogens is 292 g/mol. The maximum Gasteiger partial charge on any atom is 0.414 e. The van der Waals surface area contributed by atoms with Gasteiger partial charge in [-0.15, -0.1) is 0 Å². The average molecular weight is 314 g/mol. The number of aryl methyl sites for hydroxylation is 1. The van der Waals surface area contributed by atoms with Crippen LogP contribution in [-0.4, -0.2) is 28.4 Å². The van der Waals surface area contributed by atoms with Crippen LogP contribution in [0.4, 0.5) is 16.3 Å². The molecule has 122 valence electrons. The molecule has 6 heteroatoms. The number of rotatable bonds is 1. The Balaban J connectivity index is 1.90. The fourth-order valence-electron chi connectivity index (χ4n) is 2.76. The first-order valence-corrected chi connectivity index (χ1v) is 7.78. The molecule has 0 unspecified atom stereocenters. The smallest absolute Gasteiger partial charge is 0.414 e. The molecule has 0 aliphatic carbocycles. The number of fused-ring (bicyclic) bond motifs is 1. The molecule has 1 amide bonds. The number of amides is 1. The van der Waals surface area contributed by atoms with Crippen LogP contribution in [0.5, 0.6) is 0 Å². The molecule has 0 atom stereocenters. The number of ether oxygens (including phenoxy) is 1. The lowest BCUT2D eigenvalue weighted by atomic mass is 9.98. The standard InChI is InChI=1S/C17H22N4O2/c1-17(2,3)23-16(22)21-8-4-5-12-9-11(6-7-14(12)21)13-10-15(18)20-19-13/h6-7,9-10H,4-5,8H2,1-3H3,(H3,18,19,20). The predicted octanol–water partition coefficient (Wildman–Crippen LogP) is 3.35. The van der Waals surface area contributed by atoms with Gasteiger partial charge in [-0.1, -0.05) is 6.07 Å². The maximum absolute atomic E-state index is 12.4. The van der Waals surface area contributed by atoms with E-state index in [4.69, 9.17) is 10.5 Å². The minimum absolute atomic E-state index is 0.294. The summed E-state index contributed by atoms with van der Waals surface area (Å²) < 4.78 is 5.51. The van der Waals surface area contributed by atoms with Crippen molar-refractivity contribution < 1.29 is 9.53 Å². The van der Waals surface area contributed by atoms with Gasteiger partial charge >= 0.3 is 6.09 Å². The lowest BCUT2D eigenvalue weighted by Gasteiger charge is -2.31. The van der Waals surface area contributed by atoms with Crippen molar-refractivity contribution in [1.29, 1.82) is 0 Å². The molecule has 1 aliphatic rings. The molecule has 6 nitrogen and oxygen atoms in total. The molecule has 0 saturated heterocycles. The second-order valence-electron chi connectivity index (χ2n) is 6.79. The summed E-state index contributed by atoms with van der Waals surface area (Å²) in [6.07, 6.45) is 1.56. The van der Waals surface area contributed by atoms with Gasteiger partial charge in [-0.2, -0.15) is 5.10 Å². The topological polar surface area (TPSA) is 84.2 Å². The van der Waals surface area contributed by atoms with Gasteiger partial charge in [0.15, 0.2) is 0 Å². The van der Waals surface area contributed by atoms with E-state index >= 15 is 0 Å². The number of hydrogen-bond donors (Lipinski definition) is 2. The van der Waals surface area contributed by atoms with Crippen LogP contribution in [0.15, 0.2) is 24.3 Å². The van der Waals surface area contributed by atoms with Crippen LogP contribution in [0.3, 0.4) is 0 Å². The lowest BCUT2D eigenvalue weighted by Crippen LogP contribution is -2.39. The van der Waals surface area contributed by atoms with Gasteiger partial charge in [-0.3, -0.25) is 10.00 Å². The highest BCUT2D eigenvalue weighted by molar-refractivity contribution is 5.90. The first kappa shape index (κ1) is 15.4. The number of nitrogen functional groups attached to an aromatic ring is 1. The zero-order chi connectivity index (χ0) is 16.6. The number of nitrogens with zero attached hydrogens (tertiary/aromatic N) is 2. The van der Waals surface area contributed by atoms with E-state index in [1.807, 2.05) is 32.9 Å². The van der Waals surface area contributed by atoms with Crippen molar-refractivity contribution >= 4 is 17.6 Å². The van der Waals surface area contributed by atoms with E-state index in [9.17, 15) is 4.79 Å². The van der Waals surface area contributed by atoms with Gasteiger partial charge in [0.05, 0.1) is 11.4 Å². The van der Waals surface area contributed by atoms with Gasteiger partial charge in [0, 0.05) is 18.2 Å². The fourth-order valence-corrected chi connectivity index (χ4v) is 2.76. The third kappa shape index (κ3) is 3.31. The van der Waals surface area contributed by atoms with Crippen LogP contribution in [0, 0.1) is 0 Å². The van der Waals surface area contributed by atoms with Crippen molar-refractivity contribution in [2.75, 3.05) is 17.2 Å². The quantitative estimate of drug-likeness (QED) is 0.845. The van der Waals surface area contributed by atoms with Gasteiger partial charge in [0.1, 0.15) is 11.4 Å². The van der Waals surface area contributed by atoms with Crippen LogP contribution in [0.1, 0.15) is 32.8 Å². The number of nitrogens with two attached hydrogens (primary N) is 1. The summed E-state index contributed by atoms with van der Waals surface area (Å²) in [5, 5.41) is 6.87. The van der Waals surface area contributed by atoms with E-state index in [0.717, 1.165) is 35.3 Å². The van der Waals surface area contributed by atoms with E-state index in [-0.39, 0.29) is 6.09 Å². The molecule has 0 bridgehead atoms. The van der Waals surface area contributed by atoms with Crippen molar-refractivity contribution in [3.8, 4) is 11.3 Å². The Labute approximate surface area is 135 Å². The average Bonchev–Trinajstić information content (AvgIpc) is 2.91. The highest BCUT2D eigenvalue weighted by atomic mass is 16.6. The molecule has 3 N–H and O–H groups in total. The van der Waals surface area contributed by atoms with Gasteiger partial charge in [-0.25, -0.2) is 4.79 Å². The Bertz CT molecular complexity index is 730. The highest BCUT2D eigenvalue weighted by Gasteiger charge is 2.27. The number of hydrogen-bond acceptors (Lipinski definition) is 4. The monoisotopic (exact) mass is 314 g/mol. The summed E-state index contributed by atoms with van der Waals surface area (Å²) in [6.45, 7) is 6.31. The van der Waals surface area contributed by atoms with Crippen molar-refractivity contribution in [3.05, 3.63) is 29.8 Å². The van der Waals surface area contributed by atoms with Crippen molar-refractivity contribution in [3.63, 3.8) is 0 Å². The van der Waals surface area contributed by atoms with E-state index in [1.165, 1.54) is 0 Å². The molecule has 2 aromatic rings. The molecule has 2 heterocycles. The zero-order valence-corrected chi connectivity index (χ0v) is 13.7. The van der Waals surface area contributed by atoms with E-state index in [2.05, 4.69) is 16.3 Å². The minimum Gasteiger partial charge on any atom is -0.443 e. The van der Waals surface area contributed by atoms with E-state index in [1.54, 1.807) is 11.0 Å². The van der Waals surface area contributed by atoms with E-state index in [0.29, 0.717) is 12.4 Å². The molecule has 0 radical (unpaired) electrons. The first-order chi connectivity index (χ1) is 10.8. The predicted molar refractivity (Wildman–Crippen MR) is 90.3 cm³/mol. The lowest BCUT2D eigenvalue weighted by molar-refractivity contribution is 0.0578. The Morgan fingerprint density at radius 3 is 2.78 bits per heavy atom. The second kappa shape index (κ2) is 5.61. The van der Waals surface area contributed by atoms with Gasteiger partial charge in [0.2, 0.25) is 0 Å². The first-order valence-electron chi connectivity index (χ1n) is 7.78. The largest absolute Gasteiger partial charge is 0.443 e. The molecule has 1 aromatic heterocycles. The minimum atomic E-state index is -0.498. The van der Waals surface area contributed by atoms with E-state index < -0.39 is 5.60 Å². The number of nitrogens with one attached hydrogen (secondary N) is 1. The number of anilines is 2. The fraction of sp³-hybridized carbons (Fsp3) is 0.412. The summed E-state index contributed by atoms with van der Waals surface area (Å²) in [5.41, 5.74) is 9.10. The summed E-state index contributed by atoms with van der Waals surface area (Å²) in [5.74, 6) is 0.466. The van der Waals surface area contributed by atoms with Gasteiger partial charge in [-0.05, 0) is 51.3 Å². The molecule has 0 spiro atoms. The molecule has 0 fully saturated rings. The number of aromatic nitrogens is 2. The maximum atomic E-state index is 12.4. The number of carbonyl (C=O) groups is 1. The van der Waals surface area contributed by atoms with Crippen molar-refractivity contribution in [2.45, 2.75) is 39.2 Å². The molecule has 23 heavy (non-hydrogen) atoms. The van der Waals surface area contributed by atoms with Crippen molar-refractivity contribution in [1.82, 2.24) is 10.2 Å². The third-order valence-corrected chi connectivity index (χ3v) is 3.72. The zero-order valence-electron chi connectivity index (χ0n) is 13.7. The van der Waals surface area contributed by atoms with Gasteiger partial charge in [0.25, 0.3) is 0 Å². The third-order valence-electron chi connectivity index (χ3n) is 3.72. The molecule has 3 rings (SSSR count). The number of carbonyl (C=O) groups excluding carboxylic acids is 1. The Morgan fingerprint density at radius 1 is 1.35 bits per heavy atom. The number of benzene rings is 1. The SMILES string of the molecule is CC(C)(C)OC(=O)N1CCCc2cc(-c3cc(N)n[nH]3)ccc21. The summed E-state index contributed by atoms with van der Waals surface area (Å²) in [4.78, 5) is 14.1. The number of H-pyrrole nitrogens is 1. The Hall–Kier alpha value is -2.50. The van der Waals surface area contributed by atoms with Gasteiger partial charge < -0.3 is 10.5 Å². The normalized spacial score (nSPS) is 14.5. The Morgan fingerprint density at radius 2 is 2.13 bits per heavy atom. The second-order valence-corrected chi connectivity index (χ2v) is 6.79. The summed E-state index contributed by atoms with van der Waals surface area (Å²) in [7, 11) is 0. The van der Waals surface area contributed by atoms with Crippen LogP contribution in [-0.2, 0) is 11.2 Å². The summed E-state index contributed by atoms with van der Waals surface area (Å²) >= 11 is 0. The number of aromatic amines is 1. The van der Waals surface area contributed by atoms with Crippen LogP contribution >= 0.6 is 0 Å². The molecule has 1 aromatic carbocycles. The highest BCUT2D eigenvalue weighted by Crippen LogP contribution is 2.32. The molecule has 0 saturated carbocycles. The van der Waals surface area contributed by atoms with Crippen LogP contribution < -0.4 is 10.6 Å². The molecule has 1 aliphatic heterocycles. The van der Waals surface area contributed by atoms with Crippen LogP contribution in [0.2, 0.25) is 0 Å². The summed E-state index contributed by atoms with van der Waals surface area (Å²) in [6, 6.07) is 7.81. The van der Waals surface area contributed by atoms with Crippen LogP contribution in [0.25, 0.3) is 11.3 Å². The Kier molecular flexibility index (Phi) is 3.75.